The molecule has 1 aromatic carbocycles. The van der Waals surface area contributed by atoms with E-state index < -0.39 is 5.82 Å². The largest absolute Gasteiger partial charge is 0.333 e. The average Bonchev–Trinajstić information content (AvgIpc) is 3.16. The van der Waals surface area contributed by atoms with Gasteiger partial charge in [-0.2, -0.15) is 0 Å². The number of nitrogens with one attached hydrogen (secondary N) is 2. The van der Waals surface area contributed by atoms with Crippen LogP contribution in [0.4, 0.5) is 14.9 Å². The number of likely N-dealkylation sites (tertiary alicyclic amines) is 1. The van der Waals surface area contributed by atoms with Crippen molar-refractivity contribution in [2.24, 2.45) is 5.92 Å². The minimum Gasteiger partial charge on any atom is -0.333 e. The van der Waals surface area contributed by atoms with Gasteiger partial charge in [0.2, 0.25) is 5.91 Å². The second-order valence-electron chi connectivity index (χ2n) is 6.14. The number of hydrogen-bond donors (Lipinski definition) is 2. The third kappa shape index (κ3) is 4.74. The van der Waals surface area contributed by atoms with Crippen molar-refractivity contribution in [1.29, 1.82) is 0 Å². The van der Waals surface area contributed by atoms with Crippen LogP contribution in [0.1, 0.15) is 17.7 Å². The van der Waals surface area contributed by atoms with E-state index in [1.807, 2.05) is 17.5 Å². The lowest BCUT2D eigenvalue weighted by atomic mass is 9.97. The minimum absolute atomic E-state index is 0.0407. The summed E-state index contributed by atoms with van der Waals surface area (Å²) in [6.45, 7) is 1.47. The number of amides is 3. The van der Waals surface area contributed by atoms with E-state index >= 15 is 0 Å². The molecular formula is C18H19ClFN3O2S. The summed E-state index contributed by atoms with van der Waals surface area (Å²) in [7, 11) is 0. The van der Waals surface area contributed by atoms with Crippen molar-refractivity contribution in [2.75, 3.05) is 18.4 Å². The van der Waals surface area contributed by atoms with Crippen LogP contribution in [0, 0.1) is 11.7 Å². The summed E-state index contributed by atoms with van der Waals surface area (Å²) in [5.74, 6) is -1.03. The lowest BCUT2D eigenvalue weighted by Crippen LogP contribution is -2.47. The van der Waals surface area contributed by atoms with Crippen LogP contribution in [0.15, 0.2) is 35.7 Å². The van der Waals surface area contributed by atoms with E-state index in [1.54, 1.807) is 16.2 Å². The SMILES string of the molecule is O=C(Nc1ccc(F)c(Cl)c1)C1CCCN(C(=O)NCc2cccs2)C1. The summed E-state index contributed by atoms with van der Waals surface area (Å²) in [5, 5.41) is 7.55. The van der Waals surface area contributed by atoms with Crippen LogP contribution in [0.5, 0.6) is 0 Å². The number of benzene rings is 1. The van der Waals surface area contributed by atoms with Crippen molar-refractivity contribution in [3.8, 4) is 0 Å². The van der Waals surface area contributed by atoms with Crippen molar-refractivity contribution in [2.45, 2.75) is 19.4 Å². The van der Waals surface area contributed by atoms with Gasteiger partial charge in [-0.3, -0.25) is 4.79 Å². The Bertz CT molecular complexity index is 785. The van der Waals surface area contributed by atoms with Gasteiger partial charge in [0.15, 0.2) is 0 Å². The number of carbonyl (C=O) groups is 2. The van der Waals surface area contributed by atoms with Gasteiger partial charge in [0.05, 0.1) is 17.5 Å². The molecule has 8 heteroatoms. The Morgan fingerprint density at radius 3 is 2.92 bits per heavy atom. The van der Waals surface area contributed by atoms with Crippen LogP contribution < -0.4 is 10.6 Å². The van der Waals surface area contributed by atoms with Crippen LogP contribution in [0.25, 0.3) is 0 Å². The number of rotatable bonds is 4. The molecule has 1 saturated heterocycles. The molecule has 1 unspecified atom stereocenters. The van der Waals surface area contributed by atoms with Gasteiger partial charge in [-0.15, -0.1) is 11.3 Å². The maximum absolute atomic E-state index is 13.2. The first kappa shape index (κ1) is 18.7. The minimum atomic E-state index is -0.532. The summed E-state index contributed by atoms with van der Waals surface area (Å²) < 4.78 is 13.2. The summed E-state index contributed by atoms with van der Waals surface area (Å²) in [6.07, 6.45) is 1.46. The molecule has 1 aliphatic rings. The lowest BCUT2D eigenvalue weighted by Gasteiger charge is -2.32. The first-order valence-corrected chi connectivity index (χ1v) is 9.60. The summed E-state index contributed by atoms with van der Waals surface area (Å²) >= 11 is 7.32. The van der Waals surface area contributed by atoms with Gasteiger partial charge in [-0.05, 0) is 42.5 Å². The van der Waals surface area contributed by atoms with Gasteiger partial charge in [-0.25, -0.2) is 9.18 Å². The Kier molecular flexibility index (Phi) is 6.11. The van der Waals surface area contributed by atoms with E-state index in [2.05, 4.69) is 10.6 Å². The number of nitrogens with zero attached hydrogens (tertiary/aromatic N) is 1. The maximum atomic E-state index is 13.2. The number of carbonyl (C=O) groups excluding carboxylic acids is 2. The molecule has 1 aliphatic heterocycles. The predicted molar refractivity (Wildman–Crippen MR) is 101 cm³/mol. The second kappa shape index (κ2) is 8.51. The van der Waals surface area contributed by atoms with Gasteiger partial charge in [-0.1, -0.05) is 17.7 Å². The first-order chi connectivity index (χ1) is 12.5. The molecule has 3 amide bonds. The van der Waals surface area contributed by atoms with Crippen LogP contribution >= 0.6 is 22.9 Å². The molecule has 0 spiro atoms. The van der Waals surface area contributed by atoms with Gasteiger partial charge in [0.25, 0.3) is 0 Å². The Balaban J connectivity index is 1.54. The standard InChI is InChI=1S/C18H19ClFN3O2S/c19-15-9-13(5-6-16(15)20)22-17(24)12-3-1-7-23(11-12)18(25)21-10-14-4-2-8-26-14/h2,4-6,8-9,12H,1,3,7,10-11H2,(H,21,25)(H,22,24). The zero-order valence-corrected chi connectivity index (χ0v) is 15.6. The van der Waals surface area contributed by atoms with E-state index in [9.17, 15) is 14.0 Å². The van der Waals surface area contributed by atoms with Gasteiger partial charge < -0.3 is 15.5 Å². The fraction of sp³-hybridized carbons (Fsp3) is 0.333. The van der Waals surface area contributed by atoms with Gasteiger partial charge in [0.1, 0.15) is 5.82 Å². The summed E-state index contributed by atoms with van der Waals surface area (Å²) in [6, 6.07) is 7.79. The third-order valence-corrected chi connectivity index (χ3v) is 5.43. The Labute approximate surface area is 160 Å². The maximum Gasteiger partial charge on any atom is 0.317 e. The number of piperidine rings is 1. The Hall–Kier alpha value is -2.12. The van der Waals surface area contributed by atoms with E-state index in [4.69, 9.17) is 11.6 Å². The zero-order chi connectivity index (χ0) is 18.5. The fourth-order valence-electron chi connectivity index (χ4n) is 2.88. The van der Waals surface area contributed by atoms with Crippen molar-refractivity contribution in [1.82, 2.24) is 10.2 Å². The molecular weight excluding hydrogens is 377 g/mol. The molecule has 5 nitrogen and oxygen atoms in total. The molecule has 2 N–H and O–H groups in total. The van der Waals surface area contributed by atoms with E-state index in [-0.39, 0.29) is 22.9 Å². The third-order valence-electron chi connectivity index (χ3n) is 4.26. The quantitative estimate of drug-likeness (QED) is 0.818. The molecule has 3 rings (SSSR count). The van der Waals surface area contributed by atoms with Gasteiger partial charge >= 0.3 is 6.03 Å². The monoisotopic (exact) mass is 395 g/mol. The molecule has 0 radical (unpaired) electrons. The van der Waals surface area contributed by atoms with Crippen molar-refractivity contribution < 1.29 is 14.0 Å². The summed E-state index contributed by atoms with van der Waals surface area (Å²) in [4.78, 5) is 27.5. The zero-order valence-electron chi connectivity index (χ0n) is 14.0. The molecule has 2 heterocycles. The van der Waals surface area contributed by atoms with Crippen molar-refractivity contribution >= 4 is 40.6 Å². The molecule has 1 aromatic heterocycles. The Morgan fingerprint density at radius 1 is 1.35 bits per heavy atom. The number of anilines is 1. The number of hydrogen-bond acceptors (Lipinski definition) is 3. The van der Waals surface area contributed by atoms with Crippen LogP contribution in [-0.2, 0) is 11.3 Å². The predicted octanol–water partition coefficient (Wildman–Crippen LogP) is 4.10. The highest BCUT2D eigenvalue weighted by atomic mass is 35.5. The topological polar surface area (TPSA) is 61.4 Å². The van der Waals surface area contributed by atoms with E-state index in [1.165, 1.54) is 18.2 Å². The van der Waals surface area contributed by atoms with Crippen LogP contribution in [-0.4, -0.2) is 29.9 Å². The highest BCUT2D eigenvalue weighted by molar-refractivity contribution is 7.09. The van der Waals surface area contributed by atoms with E-state index in [0.717, 1.165) is 11.3 Å². The molecule has 1 atom stereocenters. The number of thiophene rings is 1. The average molecular weight is 396 g/mol. The first-order valence-electron chi connectivity index (χ1n) is 8.34. The van der Waals surface area contributed by atoms with Crippen LogP contribution in [0.2, 0.25) is 5.02 Å². The molecule has 0 bridgehead atoms. The van der Waals surface area contributed by atoms with E-state index in [0.29, 0.717) is 31.7 Å². The number of halogens is 2. The molecule has 1 fully saturated rings. The molecule has 26 heavy (non-hydrogen) atoms. The Morgan fingerprint density at radius 2 is 2.19 bits per heavy atom. The molecule has 2 aromatic rings. The smallest absolute Gasteiger partial charge is 0.317 e. The van der Waals surface area contributed by atoms with Crippen molar-refractivity contribution in [3.63, 3.8) is 0 Å². The molecule has 0 aliphatic carbocycles. The highest BCUT2D eigenvalue weighted by Crippen LogP contribution is 2.22. The lowest BCUT2D eigenvalue weighted by molar-refractivity contribution is -0.121. The number of urea groups is 1. The van der Waals surface area contributed by atoms with Crippen molar-refractivity contribution in [3.05, 3.63) is 51.4 Å². The van der Waals surface area contributed by atoms with Crippen LogP contribution in [0.3, 0.4) is 0 Å². The highest BCUT2D eigenvalue weighted by Gasteiger charge is 2.28. The van der Waals surface area contributed by atoms with Gasteiger partial charge in [0, 0.05) is 23.7 Å². The fourth-order valence-corrected chi connectivity index (χ4v) is 3.71. The molecule has 0 saturated carbocycles. The second-order valence-corrected chi connectivity index (χ2v) is 7.58. The summed E-state index contributed by atoms with van der Waals surface area (Å²) in [5.41, 5.74) is 0.445. The normalized spacial score (nSPS) is 17.0. The molecule has 138 valence electrons.